The summed E-state index contributed by atoms with van der Waals surface area (Å²) in [5.41, 5.74) is 1.54. The molecule has 0 bridgehead atoms. The predicted molar refractivity (Wildman–Crippen MR) is 141 cm³/mol. The molecule has 3 fully saturated rings. The Bertz CT molecular complexity index is 682. The van der Waals surface area contributed by atoms with Gasteiger partial charge in [0.2, 0.25) is 0 Å². The van der Waals surface area contributed by atoms with Crippen LogP contribution < -0.4 is 10.6 Å². The molecule has 1 aliphatic carbocycles. The van der Waals surface area contributed by atoms with Crippen LogP contribution in [0.2, 0.25) is 0 Å². The van der Waals surface area contributed by atoms with E-state index < -0.39 is 0 Å². The molecule has 1 saturated carbocycles. The highest BCUT2D eigenvalue weighted by molar-refractivity contribution is 14.0. The second kappa shape index (κ2) is 11.8. The zero-order chi connectivity index (χ0) is 20.8. The molecule has 2 N–H and O–H groups in total. The van der Waals surface area contributed by atoms with E-state index in [9.17, 15) is 0 Å². The highest BCUT2D eigenvalue weighted by Gasteiger charge is 2.36. The number of nitrogens with one attached hydrogen (secondary N) is 2. The summed E-state index contributed by atoms with van der Waals surface area (Å²) in [5.74, 6) is 1.89. The van der Waals surface area contributed by atoms with Crippen LogP contribution in [-0.2, 0) is 0 Å². The van der Waals surface area contributed by atoms with E-state index in [1.54, 1.807) is 0 Å². The van der Waals surface area contributed by atoms with E-state index in [-0.39, 0.29) is 29.5 Å². The summed E-state index contributed by atoms with van der Waals surface area (Å²) >= 11 is 0. The summed E-state index contributed by atoms with van der Waals surface area (Å²) in [6.45, 7) is 9.43. The second-order valence-electron chi connectivity index (χ2n) is 9.77. The van der Waals surface area contributed by atoms with Gasteiger partial charge in [-0.25, -0.2) is 0 Å². The first kappa shape index (κ1) is 24.8. The van der Waals surface area contributed by atoms with Gasteiger partial charge in [0.15, 0.2) is 5.96 Å². The van der Waals surface area contributed by atoms with Crippen molar-refractivity contribution in [3.63, 3.8) is 0 Å². The van der Waals surface area contributed by atoms with Gasteiger partial charge in [0.05, 0.1) is 0 Å². The quantitative estimate of drug-likeness (QED) is 0.309. The van der Waals surface area contributed by atoms with Gasteiger partial charge < -0.3 is 20.4 Å². The van der Waals surface area contributed by atoms with E-state index >= 15 is 0 Å². The van der Waals surface area contributed by atoms with Gasteiger partial charge in [-0.3, -0.25) is 4.99 Å². The smallest absolute Gasteiger partial charge is 0.193 e. The Morgan fingerprint density at radius 3 is 2.48 bits per heavy atom. The van der Waals surface area contributed by atoms with Crippen molar-refractivity contribution >= 4 is 29.9 Å². The molecular formula is C25H42IN5. The van der Waals surface area contributed by atoms with E-state index in [1.807, 2.05) is 7.05 Å². The Morgan fingerprint density at radius 2 is 1.81 bits per heavy atom. The first-order chi connectivity index (χ1) is 14.7. The summed E-state index contributed by atoms with van der Waals surface area (Å²) in [5, 5.41) is 7.76. The normalized spacial score (nSPS) is 24.9. The van der Waals surface area contributed by atoms with Crippen molar-refractivity contribution in [2.45, 2.75) is 63.5 Å². The Morgan fingerprint density at radius 1 is 1.10 bits per heavy atom. The molecule has 2 atom stereocenters. The maximum atomic E-state index is 4.66. The molecule has 6 heteroatoms. The second-order valence-corrected chi connectivity index (χ2v) is 9.77. The maximum absolute atomic E-state index is 4.66. The molecule has 174 valence electrons. The number of aliphatic imine (C=N–C) groups is 1. The van der Waals surface area contributed by atoms with Crippen molar-refractivity contribution in [1.82, 2.24) is 20.4 Å². The Kier molecular flexibility index (Phi) is 9.47. The van der Waals surface area contributed by atoms with Gasteiger partial charge >= 0.3 is 0 Å². The van der Waals surface area contributed by atoms with Gasteiger partial charge in [-0.1, -0.05) is 43.2 Å². The first-order valence-corrected chi connectivity index (χ1v) is 12.2. The van der Waals surface area contributed by atoms with Gasteiger partial charge in [0.25, 0.3) is 0 Å². The fourth-order valence-corrected chi connectivity index (χ4v) is 5.79. The van der Waals surface area contributed by atoms with Crippen molar-refractivity contribution in [1.29, 1.82) is 0 Å². The first-order valence-electron chi connectivity index (χ1n) is 12.2. The largest absolute Gasteiger partial charge is 0.354 e. The molecule has 4 rings (SSSR count). The highest BCUT2D eigenvalue weighted by Crippen LogP contribution is 2.32. The van der Waals surface area contributed by atoms with Gasteiger partial charge in [0, 0.05) is 44.8 Å². The summed E-state index contributed by atoms with van der Waals surface area (Å²) in [6.07, 6.45) is 9.18. The van der Waals surface area contributed by atoms with Crippen molar-refractivity contribution in [3.05, 3.63) is 35.9 Å². The number of guanidine groups is 1. The van der Waals surface area contributed by atoms with Crippen molar-refractivity contribution in [2.75, 3.05) is 46.3 Å². The van der Waals surface area contributed by atoms with Crippen LogP contribution in [0.5, 0.6) is 0 Å². The number of hydrogen-bond acceptors (Lipinski definition) is 3. The Balaban J connectivity index is 0.00000272. The average molecular weight is 540 g/mol. The predicted octanol–water partition coefficient (Wildman–Crippen LogP) is 4.26. The lowest BCUT2D eigenvalue weighted by atomic mass is 9.94. The Hall–Kier alpha value is -0.860. The topological polar surface area (TPSA) is 42.9 Å². The summed E-state index contributed by atoms with van der Waals surface area (Å²) in [6, 6.07) is 11.2. The van der Waals surface area contributed by atoms with Crippen LogP contribution in [0.3, 0.4) is 0 Å². The van der Waals surface area contributed by atoms with Crippen LogP contribution in [0.15, 0.2) is 35.3 Å². The maximum Gasteiger partial charge on any atom is 0.193 e. The van der Waals surface area contributed by atoms with E-state index in [4.69, 9.17) is 0 Å². The number of nitrogens with zero attached hydrogens (tertiary/aromatic N) is 3. The standard InChI is InChI=1S/C25H41N5.HI/c1-21(23-10-4-3-5-11-23)28-25(13-6-7-14-25)20-27-24(26-2)30-17-12-22(19-30)18-29-15-8-9-16-29;/h3-5,10-11,21-22,28H,6-9,12-20H2,1-2H3,(H,26,27);1H. The molecule has 1 aromatic carbocycles. The third-order valence-corrected chi connectivity index (χ3v) is 7.48. The lowest BCUT2D eigenvalue weighted by molar-refractivity contribution is 0.278. The van der Waals surface area contributed by atoms with Crippen LogP contribution >= 0.6 is 24.0 Å². The SMILES string of the molecule is CN=C(NCC1(NC(C)c2ccccc2)CCCC1)N1CCC(CN2CCCC2)C1.I. The van der Waals surface area contributed by atoms with E-state index in [2.05, 4.69) is 62.7 Å². The molecule has 2 aliphatic heterocycles. The summed E-state index contributed by atoms with van der Waals surface area (Å²) in [4.78, 5) is 9.81. The minimum Gasteiger partial charge on any atom is -0.354 e. The fraction of sp³-hybridized carbons (Fsp3) is 0.720. The number of hydrogen-bond donors (Lipinski definition) is 2. The van der Waals surface area contributed by atoms with Crippen LogP contribution in [0, 0.1) is 5.92 Å². The fourth-order valence-electron chi connectivity index (χ4n) is 5.79. The molecule has 0 radical (unpaired) electrons. The third kappa shape index (κ3) is 6.57. The minimum atomic E-state index is 0. The molecule has 0 amide bonds. The number of benzene rings is 1. The number of rotatable bonds is 7. The van der Waals surface area contributed by atoms with Gasteiger partial charge in [-0.05, 0) is 63.6 Å². The molecule has 2 heterocycles. The molecular weight excluding hydrogens is 497 g/mol. The van der Waals surface area contributed by atoms with E-state index in [0.29, 0.717) is 6.04 Å². The van der Waals surface area contributed by atoms with Gasteiger partial charge in [0.1, 0.15) is 0 Å². The molecule has 31 heavy (non-hydrogen) atoms. The van der Waals surface area contributed by atoms with Crippen LogP contribution in [-0.4, -0.2) is 67.6 Å². The van der Waals surface area contributed by atoms with E-state index in [1.165, 1.54) is 70.1 Å². The summed E-state index contributed by atoms with van der Waals surface area (Å²) < 4.78 is 0. The molecule has 1 aromatic rings. The summed E-state index contributed by atoms with van der Waals surface area (Å²) in [7, 11) is 1.94. The lowest BCUT2D eigenvalue weighted by Gasteiger charge is -2.35. The zero-order valence-electron chi connectivity index (χ0n) is 19.5. The van der Waals surface area contributed by atoms with Crippen LogP contribution in [0.1, 0.15) is 63.5 Å². The average Bonchev–Trinajstić information content (AvgIpc) is 3.53. The van der Waals surface area contributed by atoms with E-state index in [0.717, 1.165) is 31.5 Å². The minimum absolute atomic E-state index is 0. The van der Waals surface area contributed by atoms with Gasteiger partial charge in [-0.2, -0.15) is 0 Å². The highest BCUT2D eigenvalue weighted by atomic mass is 127. The van der Waals surface area contributed by atoms with Crippen molar-refractivity contribution in [2.24, 2.45) is 10.9 Å². The Labute approximate surface area is 206 Å². The molecule has 2 saturated heterocycles. The monoisotopic (exact) mass is 539 g/mol. The molecule has 2 unspecified atom stereocenters. The van der Waals surface area contributed by atoms with Crippen molar-refractivity contribution < 1.29 is 0 Å². The molecule has 0 aromatic heterocycles. The van der Waals surface area contributed by atoms with Gasteiger partial charge in [-0.15, -0.1) is 24.0 Å². The molecule has 0 spiro atoms. The third-order valence-electron chi connectivity index (χ3n) is 7.48. The molecule has 3 aliphatic rings. The zero-order valence-corrected chi connectivity index (χ0v) is 21.8. The number of halogens is 1. The number of likely N-dealkylation sites (tertiary alicyclic amines) is 2. The van der Waals surface area contributed by atoms with Crippen LogP contribution in [0.4, 0.5) is 0 Å². The van der Waals surface area contributed by atoms with Crippen LogP contribution in [0.25, 0.3) is 0 Å². The molecule has 5 nitrogen and oxygen atoms in total. The lowest BCUT2D eigenvalue weighted by Crippen LogP contribution is -2.54. The van der Waals surface area contributed by atoms with Crippen molar-refractivity contribution in [3.8, 4) is 0 Å².